The van der Waals surface area contributed by atoms with Gasteiger partial charge in [-0.05, 0) is 22.0 Å². The molecule has 0 spiro atoms. The molecule has 0 radical (unpaired) electrons. The van der Waals surface area contributed by atoms with Crippen molar-refractivity contribution >= 4 is 15.9 Å². The van der Waals surface area contributed by atoms with Gasteiger partial charge in [0.15, 0.2) is 5.69 Å². The van der Waals surface area contributed by atoms with Gasteiger partial charge in [-0.3, -0.25) is 4.79 Å². The van der Waals surface area contributed by atoms with E-state index in [1.54, 1.807) is 0 Å². The average molecular weight is 383 g/mol. The van der Waals surface area contributed by atoms with Crippen LogP contribution in [0.3, 0.4) is 0 Å². The number of methoxy groups -OCH3 is 1. The number of hydrogen-bond acceptors (Lipinski definition) is 4. The van der Waals surface area contributed by atoms with Gasteiger partial charge in [-0.25, -0.2) is 8.96 Å². The van der Waals surface area contributed by atoms with Gasteiger partial charge >= 0.3 is 12.2 Å². The second-order valence-electron chi connectivity index (χ2n) is 4.05. The van der Waals surface area contributed by atoms with Crippen molar-refractivity contribution in [2.75, 3.05) is 7.11 Å². The number of ether oxygens (including phenoxy) is 1. The minimum atomic E-state index is -4.86. The first-order valence-corrected chi connectivity index (χ1v) is 6.38. The van der Waals surface area contributed by atoms with Crippen LogP contribution in [0.1, 0.15) is 5.69 Å². The zero-order chi connectivity index (χ0) is 16.7. The topological polar surface area (TPSA) is 64.3 Å². The summed E-state index contributed by atoms with van der Waals surface area (Å²) in [5.74, 6) is -1.38. The van der Waals surface area contributed by atoms with E-state index in [1.165, 1.54) is 0 Å². The average Bonchev–Trinajstić information content (AvgIpc) is 2.41. The molecule has 0 fully saturated rings. The largest absolute Gasteiger partial charge is 0.507 e. The van der Waals surface area contributed by atoms with Crippen LogP contribution in [0.4, 0.5) is 17.6 Å². The van der Waals surface area contributed by atoms with Gasteiger partial charge in [-0.1, -0.05) is 0 Å². The summed E-state index contributed by atoms with van der Waals surface area (Å²) in [4.78, 5) is 15.0. The highest BCUT2D eigenvalue weighted by atomic mass is 79.9. The summed E-state index contributed by atoms with van der Waals surface area (Å²) in [6.45, 7) is 0. The lowest BCUT2D eigenvalue weighted by Gasteiger charge is -2.14. The Balaban J connectivity index is 2.77. The lowest BCUT2D eigenvalue weighted by Crippen LogP contribution is -2.25. The van der Waals surface area contributed by atoms with Crippen molar-refractivity contribution in [3.8, 4) is 17.4 Å². The van der Waals surface area contributed by atoms with Crippen LogP contribution in [0.25, 0.3) is 5.69 Å². The maximum absolute atomic E-state index is 13.9. The van der Waals surface area contributed by atoms with Crippen LogP contribution in [0, 0.1) is 5.82 Å². The Morgan fingerprint density at radius 3 is 2.50 bits per heavy atom. The van der Waals surface area contributed by atoms with E-state index >= 15 is 0 Å². The van der Waals surface area contributed by atoms with Crippen molar-refractivity contribution in [3.63, 3.8) is 0 Å². The van der Waals surface area contributed by atoms with Gasteiger partial charge in [-0.2, -0.15) is 18.2 Å². The van der Waals surface area contributed by atoms with Crippen LogP contribution in [0.5, 0.6) is 11.8 Å². The van der Waals surface area contributed by atoms with Crippen LogP contribution in [-0.4, -0.2) is 21.8 Å². The van der Waals surface area contributed by atoms with Gasteiger partial charge < -0.3 is 9.84 Å². The zero-order valence-electron chi connectivity index (χ0n) is 10.8. The third kappa shape index (κ3) is 2.91. The molecule has 1 aromatic heterocycles. The first-order chi connectivity index (χ1) is 10.1. The maximum atomic E-state index is 13.9. The molecule has 118 valence electrons. The van der Waals surface area contributed by atoms with E-state index in [0.717, 1.165) is 19.2 Å². The van der Waals surface area contributed by atoms with Gasteiger partial charge in [-0.15, -0.1) is 0 Å². The molecule has 2 rings (SSSR count). The van der Waals surface area contributed by atoms with Crippen LogP contribution in [0.2, 0.25) is 0 Å². The summed E-state index contributed by atoms with van der Waals surface area (Å²) in [5.41, 5.74) is -3.17. The van der Waals surface area contributed by atoms with Crippen LogP contribution in [0.15, 0.2) is 27.5 Å². The van der Waals surface area contributed by atoms with E-state index in [-0.39, 0.29) is 10.5 Å². The van der Waals surface area contributed by atoms with Gasteiger partial charge in [0.1, 0.15) is 11.6 Å². The zero-order valence-corrected chi connectivity index (χ0v) is 12.4. The first-order valence-electron chi connectivity index (χ1n) is 5.59. The second-order valence-corrected chi connectivity index (χ2v) is 4.91. The Kier molecular flexibility index (Phi) is 4.14. The van der Waals surface area contributed by atoms with E-state index in [9.17, 15) is 27.5 Å². The number of hydrogen-bond donors (Lipinski definition) is 1. The number of halogens is 5. The highest BCUT2D eigenvalue weighted by molar-refractivity contribution is 9.10. The number of benzene rings is 1. The number of alkyl halides is 3. The van der Waals surface area contributed by atoms with Gasteiger partial charge in [0.05, 0.1) is 17.3 Å². The number of aromatic nitrogens is 2. The predicted molar refractivity (Wildman–Crippen MR) is 70.7 cm³/mol. The summed E-state index contributed by atoms with van der Waals surface area (Å²) >= 11 is 2.87. The fourth-order valence-corrected chi connectivity index (χ4v) is 1.98. The molecule has 22 heavy (non-hydrogen) atoms. The highest BCUT2D eigenvalue weighted by Gasteiger charge is 2.34. The van der Waals surface area contributed by atoms with Gasteiger partial charge in [0, 0.05) is 12.1 Å². The normalized spacial score (nSPS) is 11.5. The molecule has 5 nitrogen and oxygen atoms in total. The molecule has 0 aliphatic heterocycles. The lowest BCUT2D eigenvalue weighted by atomic mass is 10.2. The number of nitrogens with zero attached hydrogens (tertiary/aromatic N) is 2. The van der Waals surface area contributed by atoms with Crippen molar-refractivity contribution in [2.45, 2.75) is 6.18 Å². The SMILES string of the molecule is COc1nc(C(F)(F)F)cc(=O)n1-c1cc(O)c(Br)cc1F. The molecule has 1 heterocycles. The van der Waals surface area contributed by atoms with E-state index in [2.05, 4.69) is 25.7 Å². The van der Waals surface area contributed by atoms with Crippen molar-refractivity contribution in [2.24, 2.45) is 0 Å². The van der Waals surface area contributed by atoms with Crippen LogP contribution < -0.4 is 10.3 Å². The molecule has 0 amide bonds. The highest BCUT2D eigenvalue weighted by Crippen LogP contribution is 2.31. The summed E-state index contributed by atoms with van der Waals surface area (Å²) in [5, 5.41) is 9.55. The Morgan fingerprint density at radius 2 is 1.95 bits per heavy atom. The predicted octanol–water partition coefficient (Wildman–Crippen LogP) is 2.87. The van der Waals surface area contributed by atoms with Crippen molar-refractivity contribution in [1.29, 1.82) is 0 Å². The fourth-order valence-electron chi connectivity index (χ4n) is 1.66. The minimum absolute atomic E-state index is 0.0145. The lowest BCUT2D eigenvalue weighted by molar-refractivity contribution is -0.141. The van der Waals surface area contributed by atoms with Gasteiger partial charge in [0.2, 0.25) is 0 Å². The van der Waals surface area contributed by atoms with Crippen LogP contribution >= 0.6 is 15.9 Å². The van der Waals surface area contributed by atoms with Crippen LogP contribution in [-0.2, 0) is 6.18 Å². The summed E-state index contributed by atoms with van der Waals surface area (Å²) in [6.07, 6.45) is -4.86. The number of aromatic hydroxyl groups is 1. The molecular weight excluding hydrogens is 376 g/mol. The molecule has 0 saturated heterocycles. The summed E-state index contributed by atoms with van der Waals surface area (Å²) in [7, 11) is 0.981. The summed E-state index contributed by atoms with van der Waals surface area (Å²) < 4.78 is 57.0. The monoisotopic (exact) mass is 382 g/mol. The number of phenolic OH excluding ortho intramolecular Hbond substituents is 1. The van der Waals surface area contributed by atoms with E-state index in [4.69, 9.17) is 0 Å². The van der Waals surface area contributed by atoms with Gasteiger partial charge in [0.25, 0.3) is 5.56 Å². The molecule has 0 bridgehead atoms. The fraction of sp³-hybridized carbons (Fsp3) is 0.167. The third-order valence-corrected chi connectivity index (χ3v) is 3.25. The third-order valence-electron chi connectivity index (χ3n) is 2.62. The van der Waals surface area contributed by atoms with Crippen molar-refractivity contribution < 1.29 is 27.4 Å². The van der Waals surface area contributed by atoms with E-state index < -0.39 is 40.7 Å². The Hall–Kier alpha value is -2.10. The molecule has 1 N–H and O–H groups in total. The Labute approximate surface area is 128 Å². The number of phenols is 1. The molecule has 0 saturated carbocycles. The Bertz CT molecular complexity index is 789. The molecule has 0 unspecified atom stereocenters. The van der Waals surface area contributed by atoms with Crippen molar-refractivity contribution in [3.05, 3.63) is 44.5 Å². The molecule has 0 aliphatic carbocycles. The Morgan fingerprint density at radius 1 is 1.32 bits per heavy atom. The smallest absolute Gasteiger partial charge is 0.433 e. The molecular formula is C12H7BrF4N2O3. The first kappa shape index (κ1) is 16.3. The molecule has 0 aliphatic rings. The standard InChI is InChI=1S/C12H7BrF4N2O3/c1-22-11-18-9(12(15,16)17)4-10(21)19(11)7-3-8(20)5(13)2-6(7)14/h2-4,20H,1H3. The van der Waals surface area contributed by atoms with E-state index in [1.807, 2.05) is 0 Å². The summed E-state index contributed by atoms with van der Waals surface area (Å²) in [6, 6.07) is 1.16. The minimum Gasteiger partial charge on any atom is -0.507 e. The molecule has 2 aromatic rings. The quantitative estimate of drug-likeness (QED) is 0.811. The maximum Gasteiger partial charge on any atom is 0.433 e. The molecule has 0 atom stereocenters. The molecule has 10 heteroatoms. The molecule has 1 aromatic carbocycles. The van der Waals surface area contributed by atoms with E-state index in [0.29, 0.717) is 4.57 Å². The number of rotatable bonds is 2. The second kappa shape index (κ2) is 5.59. The van der Waals surface area contributed by atoms with Crippen molar-refractivity contribution in [1.82, 2.24) is 9.55 Å².